The second-order valence-electron chi connectivity index (χ2n) is 4.58. The van der Waals surface area contributed by atoms with Gasteiger partial charge in [-0.2, -0.15) is 0 Å². The standard InChI is InChI=1S/C8H8BrNO3.C6H5NO3.C2H4Br2.CH2O3.2K.H/c9-5-6-13-8-4-2-1-3-7(8)10(11)12;8-6-4-2-1-3-5(6)7(9)10;3-1-2-4;2-1-4-3;;;/h1-4H,5-6H2;1-4,8H;1-2H2;1,3H;;;/q;;;;2*+1;-1/p-1. The molecule has 0 aromatic heterocycles. The van der Waals surface area contributed by atoms with Crippen LogP contribution in [-0.4, -0.2) is 44.0 Å². The van der Waals surface area contributed by atoms with Gasteiger partial charge >= 0.3 is 114 Å². The molecule has 0 aliphatic carbocycles. The summed E-state index contributed by atoms with van der Waals surface area (Å²) in [7, 11) is 0. The van der Waals surface area contributed by atoms with Crippen LogP contribution < -0.4 is 113 Å². The molecule has 16 heteroatoms. The van der Waals surface area contributed by atoms with Crippen molar-refractivity contribution in [3.8, 4) is 11.5 Å². The minimum Gasteiger partial charge on any atom is -1.00 e. The summed E-state index contributed by atoms with van der Waals surface area (Å²) < 4.78 is 5.16. The Balaban J connectivity index is -0.000000119. The number of phenols is 1. The molecule has 0 fully saturated rings. The number of aromatic hydroxyl groups is 1. The average Bonchev–Trinajstić information content (AvgIpc) is 2.78. The summed E-state index contributed by atoms with van der Waals surface area (Å²) in [5.41, 5.74) is -0.258. The molecule has 11 nitrogen and oxygen atoms in total. The summed E-state index contributed by atoms with van der Waals surface area (Å²) in [5.74, 6) is 0.0134. The summed E-state index contributed by atoms with van der Waals surface area (Å²) in [5, 5.41) is 40.6. The number of nitro groups is 2. The number of alkyl halides is 3. The van der Waals surface area contributed by atoms with Gasteiger partial charge in [-0.3, -0.25) is 25.0 Å². The van der Waals surface area contributed by atoms with E-state index in [-0.39, 0.29) is 128 Å². The SMILES string of the molecule is BrCCBr.O=CO[O-].O=[N+]([O-])c1ccccc1O.O=[N+]([O-])c1ccccc1OCCBr.[H-].[K+].[K+]. The quantitative estimate of drug-likeness (QED) is 0.0854. The minimum absolute atomic E-state index is 0. The number of halogens is 3. The van der Waals surface area contributed by atoms with Crippen LogP contribution in [0.2, 0.25) is 0 Å². The number of ether oxygens (including phenoxy) is 1. The first-order valence-electron chi connectivity index (χ1n) is 7.99. The van der Waals surface area contributed by atoms with Gasteiger partial charge in [-0.25, -0.2) is 0 Å². The van der Waals surface area contributed by atoms with Crippen molar-refractivity contribution in [2.24, 2.45) is 0 Å². The van der Waals surface area contributed by atoms with E-state index >= 15 is 0 Å². The summed E-state index contributed by atoms with van der Waals surface area (Å²) in [4.78, 5) is 30.7. The summed E-state index contributed by atoms with van der Waals surface area (Å²) in [6, 6.07) is 11.9. The van der Waals surface area contributed by atoms with Gasteiger partial charge < -0.3 is 21.4 Å². The zero-order chi connectivity index (χ0) is 24.1. The van der Waals surface area contributed by atoms with Crippen LogP contribution in [-0.2, 0) is 9.68 Å². The number of hydrogen-bond donors (Lipinski definition) is 1. The number of nitro benzene ring substituents is 2. The van der Waals surface area contributed by atoms with E-state index in [0.717, 1.165) is 10.7 Å². The van der Waals surface area contributed by atoms with Crippen LogP contribution in [0.25, 0.3) is 0 Å². The fourth-order valence-corrected chi connectivity index (χ4v) is 1.66. The predicted octanol–water partition coefficient (Wildman–Crippen LogP) is -2.00. The molecule has 2 aromatic carbocycles. The molecule has 0 saturated carbocycles. The van der Waals surface area contributed by atoms with E-state index in [1.165, 1.54) is 30.3 Å². The maximum atomic E-state index is 10.5. The molecule has 174 valence electrons. The average molecular weight is 713 g/mol. The van der Waals surface area contributed by atoms with Crippen molar-refractivity contribution in [3.05, 3.63) is 68.8 Å². The number of benzene rings is 2. The third-order valence-corrected chi connectivity index (χ3v) is 4.77. The van der Waals surface area contributed by atoms with Gasteiger partial charge in [-0.15, -0.1) is 0 Å². The number of hydrogen-bond acceptors (Lipinski definition) is 9. The molecule has 0 atom stereocenters. The van der Waals surface area contributed by atoms with Gasteiger partial charge in [0.15, 0.2) is 11.5 Å². The Kier molecular flexibility index (Phi) is 36.4. The smallest absolute Gasteiger partial charge is 1.00 e. The molecule has 0 saturated heterocycles. The number of carbonyl (C=O) groups is 1. The number of para-hydroxylation sites is 4. The third kappa shape index (κ3) is 23.1. The van der Waals surface area contributed by atoms with E-state index in [1.807, 2.05) is 0 Å². The molecular formula is C17H19Br3K2N2O9. The van der Waals surface area contributed by atoms with Gasteiger partial charge in [-0.05, 0) is 12.1 Å². The van der Waals surface area contributed by atoms with Gasteiger partial charge in [0, 0.05) is 28.1 Å². The fraction of sp³-hybridized carbons (Fsp3) is 0.235. The molecule has 2 rings (SSSR count). The van der Waals surface area contributed by atoms with Crippen molar-refractivity contribution in [1.82, 2.24) is 0 Å². The van der Waals surface area contributed by atoms with Crippen molar-refractivity contribution in [2.75, 3.05) is 22.6 Å². The second-order valence-corrected chi connectivity index (χ2v) is 6.96. The topological polar surface area (TPSA) is 165 Å². The molecule has 1 N–H and O–H groups in total. The molecule has 0 bridgehead atoms. The van der Waals surface area contributed by atoms with Gasteiger partial charge in [0.1, 0.15) is 0 Å². The first kappa shape index (κ1) is 41.1. The number of rotatable bonds is 7. The third-order valence-electron chi connectivity index (χ3n) is 2.59. The zero-order valence-corrected chi connectivity index (χ0v) is 28.8. The first-order chi connectivity index (χ1) is 14.8. The molecule has 0 unspecified atom stereocenters. The Hall–Kier alpha value is 0.983. The van der Waals surface area contributed by atoms with Crippen molar-refractivity contribution in [3.63, 3.8) is 0 Å². The molecule has 0 radical (unpaired) electrons. The maximum Gasteiger partial charge on any atom is 1.00 e. The van der Waals surface area contributed by atoms with Crippen molar-refractivity contribution in [1.29, 1.82) is 0 Å². The van der Waals surface area contributed by atoms with Gasteiger partial charge in [-0.1, -0.05) is 72.1 Å². The van der Waals surface area contributed by atoms with Crippen LogP contribution in [0.3, 0.4) is 0 Å². The number of carbonyl (C=O) groups excluding carboxylic acids is 1. The Morgan fingerprint density at radius 3 is 1.64 bits per heavy atom. The molecule has 2 aromatic rings. The van der Waals surface area contributed by atoms with Crippen LogP contribution in [0.15, 0.2) is 48.5 Å². The van der Waals surface area contributed by atoms with E-state index in [1.54, 1.807) is 18.2 Å². The normalized spacial score (nSPS) is 8.12. The monoisotopic (exact) mass is 710 g/mol. The van der Waals surface area contributed by atoms with Crippen LogP contribution >= 0.6 is 47.8 Å². The van der Waals surface area contributed by atoms with E-state index in [2.05, 4.69) is 52.7 Å². The first-order valence-corrected chi connectivity index (χ1v) is 11.4. The van der Waals surface area contributed by atoms with Crippen molar-refractivity contribution >= 4 is 65.6 Å². The Morgan fingerprint density at radius 2 is 1.30 bits per heavy atom. The summed E-state index contributed by atoms with van der Waals surface area (Å²) in [6.07, 6.45) is 0. The molecule has 0 spiro atoms. The van der Waals surface area contributed by atoms with Crippen LogP contribution in [0, 0.1) is 20.2 Å². The van der Waals surface area contributed by atoms with Crippen molar-refractivity contribution in [2.45, 2.75) is 0 Å². The summed E-state index contributed by atoms with van der Waals surface area (Å²) in [6.45, 7) is 0.241. The van der Waals surface area contributed by atoms with Crippen LogP contribution in [0.4, 0.5) is 11.4 Å². The Labute approximate surface area is 301 Å². The fourth-order valence-electron chi connectivity index (χ4n) is 1.50. The van der Waals surface area contributed by atoms with E-state index in [0.29, 0.717) is 17.7 Å². The van der Waals surface area contributed by atoms with Gasteiger partial charge in [0.2, 0.25) is 0 Å². The molecule has 0 heterocycles. The van der Waals surface area contributed by atoms with E-state index in [9.17, 15) is 20.2 Å². The Bertz CT molecular complexity index is 797. The Morgan fingerprint density at radius 1 is 0.879 bits per heavy atom. The predicted molar refractivity (Wildman–Crippen MR) is 123 cm³/mol. The van der Waals surface area contributed by atoms with E-state index < -0.39 is 9.85 Å². The van der Waals surface area contributed by atoms with Crippen LogP contribution in [0.1, 0.15) is 1.43 Å². The van der Waals surface area contributed by atoms with Crippen molar-refractivity contribution < 1.29 is 139 Å². The zero-order valence-electron chi connectivity index (χ0n) is 18.8. The van der Waals surface area contributed by atoms with Gasteiger partial charge in [0.05, 0.1) is 16.5 Å². The maximum absolute atomic E-state index is 10.5. The molecule has 0 aliphatic rings. The molecule has 0 amide bonds. The van der Waals surface area contributed by atoms with Gasteiger partial charge in [0.25, 0.3) is 6.47 Å². The van der Waals surface area contributed by atoms with Crippen LogP contribution in [0.5, 0.6) is 11.5 Å². The number of nitrogens with zero attached hydrogens (tertiary/aromatic N) is 2. The largest absolute Gasteiger partial charge is 1.00 e. The molecule has 33 heavy (non-hydrogen) atoms. The number of phenolic OH excluding ortho intramolecular Hbond substituents is 1. The molecular weight excluding hydrogens is 694 g/mol. The van der Waals surface area contributed by atoms with E-state index in [4.69, 9.17) is 19.9 Å². The minimum atomic E-state index is -0.630. The second kappa shape index (κ2) is 29.2. The summed E-state index contributed by atoms with van der Waals surface area (Å²) >= 11 is 9.58. The molecule has 0 aliphatic heterocycles.